The molecule has 3 nitrogen and oxygen atoms in total. The summed E-state index contributed by atoms with van der Waals surface area (Å²) in [6.07, 6.45) is 1.41. The normalized spacial score (nSPS) is 16.7. The molecule has 1 unspecified atom stereocenters. The summed E-state index contributed by atoms with van der Waals surface area (Å²) >= 11 is 5.89. The molecule has 0 N–H and O–H groups in total. The van der Waals surface area contributed by atoms with Gasteiger partial charge in [-0.2, -0.15) is 0 Å². The highest BCUT2D eigenvalue weighted by Crippen LogP contribution is 2.37. The molecular formula is C22H18ClNO2. The lowest BCUT2D eigenvalue weighted by atomic mass is 10.0. The minimum atomic E-state index is 0.0896. The second-order valence-electron chi connectivity index (χ2n) is 6.28. The van der Waals surface area contributed by atoms with Crippen LogP contribution in [0.2, 0.25) is 5.02 Å². The van der Waals surface area contributed by atoms with Crippen LogP contribution < -0.4 is 9.64 Å². The summed E-state index contributed by atoms with van der Waals surface area (Å²) in [5.74, 6) is 1.60. The zero-order valence-electron chi connectivity index (χ0n) is 14.1. The van der Waals surface area contributed by atoms with Crippen LogP contribution in [0.25, 0.3) is 0 Å². The Morgan fingerprint density at radius 3 is 2.12 bits per heavy atom. The number of hydrogen-bond donors (Lipinski definition) is 0. The average molecular weight is 364 g/mol. The molecule has 1 saturated heterocycles. The largest absolute Gasteiger partial charge is 0.457 e. The van der Waals surface area contributed by atoms with Crippen LogP contribution in [0.5, 0.6) is 11.5 Å². The zero-order valence-corrected chi connectivity index (χ0v) is 14.9. The first-order valence-electron chi connectivity index (χ1n) is 8.61. The van der Waals surface area contributed by atoms with Crippen molar-refractivity contribution in [2.75, 3.05) is 4.90 Å². The van der Waals surface area contributed by atoms with Crippen molar-refractivity contribution in [2.24, 2.45) is 0 Å². The Labute approximate surface area is 157 Å². The standard InChI is InChI=1S/C22H18ClNO2/c23-17-6-10-19(11-7-17)26-20-12-8-18(9-13-20)24-21(14-15-22(24)25)16-4-2-1-3-5-16/h1-13,21H,14-15H2. The predicted molar refractivity (Wildman–Crippen MR) is 104 cm³/mol. The van der Waals surface area contributed by atoms with Crippen LogP contribution in [0.4, 0.5) is 5.69 Å². The number of nitrogens with zero attached hydrogens (tertiary/aromatic N) is 1. The number of benzene rings is 3. The summed E-state index contributed by atoms with van der Waals surface area (Å²) < 4.78 is 5.83. The van der Waals surface area contributed by atoms with Crippen molar-refractivity contribution in [1.29, 1.82) is 0 Å². The minimum absolute atomic E-state index is 0.0896. The first-order valence-corrected chi connectivity index (χ1v) is 8.99. The van der Waals surface area contributed by atoms with Crippen molar-refractivity contribution in [3.8, 4) is 11.5 Å². The summed E-state index contributed by atoms with van der Waals surface area (Å²) in [4.78, 5) is 14.3. The monoisotopic (exact) mass is 363 g/mol. The molecule has 1 fully saturated rings. The smallest absolute Gasteiger partial charge is 0.227 e. The number of hydrogen-bond acceptors (Lipinski definition) is 2. The Bertz CT molecular complexity index is 892. The van der Waals surface area contributed by atoms with Crippen LogP contribution in [0.1, 0.15) is 24.4 Å². The van der Waals surface area contributed by atoms with E-state index in [9.17, 15) is 4.79 Å². The average Bonchev–Trinajstić information content (AvgIpc) is 3.06. The quantitative estimate of drug-likeness (QED) is 0.568. The van der Waals surface area contributed by atoms with Gasteiger partial charge in [0.05, 0.1) is 6.04 Å². The van der Waals surface area contributed by atoms with Gasteiger partial charge in [0.25, 0.3) is 0 Å². The van der Waals surface area contributed by atoms with Crippen LogP contribution in [0.15, 0.2) is 78.9 Å². The lowest BCUT2D eigenvalue weighted by Gasteiger charge is -2.25. The number of carbonyl (C=O) groups excluding carboxylic acids is 1. The minimum Gasteiger partial charge on any atom is -0.457 e. The third-order valence-corrected chi connectivity index (χ3v) is 4.81. The lowest BCUT2D eigenvalue weighted by Crippen LogP contribution is -2.27. The molecule has 0 spiro atoms. The molecule has 0 aliphatic carbocycles. The summed E-state index contributed by atoms with van der Waals surface area (Å²) in [6, 6.07) is 25.1. The highest BCUT2D eigenvalue weighted by atomic mass is 35.5. The van der Waals surface area contributed by atoms with Crippen molar-refractivity contribution in [3.05, 3.63) is 89.4 Å². The van der Waals surface area contributed by atoms with E-state index >= 15 is 0 Å². The van der Waals surface area contributed by atoms with E-state index in [2.05, 4.69) is 12.1 Å². The fourth-order valence-electron chi connectivity index (χ4n) is 3.31. The van der Waals surface area contributed by atoms with Crippen LogP contribution in [-0.2, 0) is 4.79 Å². The van der Waals surface area contributed by atoms with E-state index in [-0.39, 0.29) is 11.9 Å². The van der Waals surface area contributed by atoms with Crippen LogP contribution in [0.3, 0.4) is 0 Å². The fraction of sp³-hybridized carbons (Fsp3) is 0.136. The molecule has 0 bridgehead atoms. The summed E-state index contributed by atoms with van der Waals surface area (Å²) in [5, 5.41) is 0.673. The predicted octanol–water partition coefficient (Wildman–Crippen LogP) is 6.00. The Morgan fingerprint density at radius 1 is 0.846 bits per heavy atom. The van der Waals surface area contributed by atoms with Crippen molar-refractivity contribution < 1.29 is 9.53 Å². The molecule has 0 radical (unpaired) electrons. The van der Waals surface area contributed by atoms with Gasteiger partial charge in [0.1, 0.15) is 11.5 Å². The van der Waals surface area contributed by atoms with Gasteiger partial charge in [-0.15, -0.1) is 0 Å². The molecule has 130 valence electrons. The molecule has 1 atom stereocenters. The van der Waals surface area contributed by atoms with Gasteiger partial charge in [0, 0.05) is 17.1 Å². The molecule has 3 aromatic rings. The highest BCUT2D eigenvalue weighted by molar-refractivity contribution is 6.30. The van der Waals surface area contributed by atoms with Crippen molar-refractivity contribution in [3.63, 3.8) is 0 Å². The molecule has 26 heavy (non-hydrogen) atoms. The van der Waals surface area contributed by atoms with Crippen molar-refractivity contribution >= 4 is 23.2 Å². The van der Waals surface area contributed by atoms with Crippen molar-refractivity contribution in [2.45, 2.75) is 18.9 Å². The third kappa shape index (κ3) is 3.44. The molecule has 4 heteroatoms. The van der Waals surface area contributed by atoms with E-state index in [0.717, 1.165) is 23.6 Å². The molecule has 0 aromatic heterocycles. The second-order valence-corrected chi connectivity index (χ2v) is 6.72. The van der Waals surface area contributed by atoms with Gasteiger partial charge < -0.3 is 9.64 Å². The lowest BCUT2D eigenvalue weighted by molar-refractivity contribution is -0.117. The van der Waals surface area contributed by atoms with Gasteiger partial charge in [-0.3, -0.25) is 4.79 Å². The molecular weight excluding hydrogens is 346 g/mol. The van der Waals surface area contributed by atoms with E-state index in [1.165, 1.54) is 5.56 Å². The highest BCUT2D eigenvalue weighted by Gasteiger charge is 2.33. The van der Waals surface area contributed by atoms with Gasteiger partial charge in [-0.25, -0.2) is 0 Å². The van der Waals surface area contributed by atoms with E-state index in [0.29, 0.717) is 11.4 Å². The van der Waals surface area contributed by atoms with Crippen LogP contribution >= 0.6 is 11.6 Å². The van der Waals surface area contributed by atoms with Gasteiger partial charge in [0.2, 0.25) is 5.91 Å². The Morgan fingerprint density at radius 2 is 1.46 bits per heavy atom. The molecule has 1 aliphatic heterocycles. The molecule has 1 aliphatic rings. The fourth-order valence-corrected chi connectivity index (χ4v) is 3.44. The Hall–Kier alpha value is -2.78. The number of carbonyl (C=O) groups is 1. The maximum absolute atomic E-state index is 12.4. The molecule has 0 saturated carbocycles. The number of rotatable bonds is 4. The summed E-state index contributed by atoms with van der Waals surface area (Å²) in [7, 11) is 0. The number of ether oxygens (including phenoxy) is 1. The van der Waals surface area contributed by atoms with Crippen LogP contribution in [-0.4, -0.2) is 5.91 Å². The van der Waals surface area contributed by atoms with E-state index in [4.69, 9.17) is 16.3 Å². The van der Waals surface area contributed by atoms with Gasteiger partial charge in [-0.05, 0) is 60.5 Å². The van der Waals surface area contributed by atoms with Gasteiger partial charge in [0.15, 0.2) is 0 Å². The zero-order chi connectivity index (χ0) is 17.9. The third-order valence-electron chi connectivity index (χ3n) is 4.56. The first kappa shape index (κ1) is 16.7. The van der Waals surface area contributed by atoms with E-state index in [1.807, 2.05) is 59.5 Å². The number of anilines is 1. The first-order chi connectivity index (χ1) is 12.7. The van der Waals surface area contributed by atoms with E-state index < -0.39 is 0 Å². The summed E-state index contributed by atoms with van der Waals surface area (Å²) in [6.45, 7) is 0. The maximum atomic E-state index is 12.4. The maximum Gasteiger partial charge on any atom is 0.227 e. The number of halogens is 1. The molecule has 4 rings (SSSR count). The van der Waals surface area contributed by atoms with E-state index in [1.54, 1.807) is 12.1 Å². The van der Waals surface area contributed by atoms with Gasteiger partial charge in [-0.1, -0.05) is 41.9 Å². The number of amides is 1. The SMILES string of the molecule is O=C1CCC(c2ccccc2)N1c1ccc(Oc2ccc(Cl)cc2)cc1. The Kier molecular flexibility index (Phi) is 4.63. The second kappa shape index (κ2) is 7.22. The molecule has 3 aromatic carbocycles. The topological polar surface area (TPSA) is 29.5 Å². The summed E-state index contributed by atoms with van der Waals surface area (Å²) in [5.41, 5.74) is 2.06. The van der Waals surface area contributed by atoms with Crippen LogP contribution in [0, 0.1) is 0 Å². The van der Waals surface area contributed by atoms with Crippen molar-refractivity contribution in [1.82, 2.24) is 0 Å². The molecule has 1 amide bonds. The van der Waals surface area contributed by atoms with Gasteiger partial charge >= 0.3 is 0 Å². The Balaban J connectivity index is 1.55. The molecule has 1 heterocycles.